The van der Waals surface area contributed by atoms with Crippen molar-refractivity contribution >= 4 is 21.8 Å². The van der Waals surface area contributed by atoms with E-state index in [0.717, 1.165) is 19.3 Å². The van der Waals surface area contributed by atoms with Crippen LogP contribution in [0.3, 0.4) is 0 Å². The first-order valence-corrected chi connectivity index (χ1v) is 7.98. The van der Waals surface area contributed by atoms with Crippen molar-refractivity contribution in [1.29, 1.82) is 0 Å². The van der Waals surface area contributed by atoms with Gasteiger partial charge in [-0.15, -0.1) is 0 Å². The van der Waals surface area contributed by atoms with Crippen molar-refractivity contribution < 1.29 is 4.79 Å². The number of amides is 1. The summed E-state index contributed by atoms with van der Waals surface area (Å²) < 4.78 is 0. The molecule has 2 atom stereocenters. The fourth-order valence-corrected chi connectivity index (χ4v) is 3.51. The SMILES string of the molecule is CCCCCCC(=O)N(C)C1CCCCC1Br. The Balaban J connectivity index is 2.29. The van der Waals surface area contributed by atoms with Gasteiger partial charge in [-0.25, -0.2) is 0 Å². The fraction of sp³-hybridized carbons (Fsp3) is 0.929. The highest BCUT2D eigenvalue weighted by molar-refractivity contribution is 9.09. The number of alkyl halides is 1. The van der Waals surface area contributed by atoms with Gasteiger partial charge >= 0.3 is 0 Å². The number of rotatable bonds is 6. The molecule has 0 N–H and O–H groups in total. The highest BCUT2D eigenvalue weighted by atomic mass is 79.9. The predicted octanol–water partition coefficient (Wildman–Crippen LogP) is 4.12. The van der Waals surface area contributed by atoms with Gasteiger partial charge in [-0.3, -0.25) is 4.79 Å². The van der Waals surface area contributed by atoms with Crippen LogP contribution in [-0.2, 0) is 4.79 Å². The van der Waals surface area contributed by atoms with Gasteiger partial charge < -0.3 is 4.90 Å². The molecule has 0 aliphatic heterocycles. The normalized spacial score (nSPS) is 24.6. The molecule has 17 heavy (non-hydrogen) atoms. The molecule has 3 heteroatoms. The average Bonchev–Trinajstić information content (AvgIpc) is 2.34. The van der Waals surface area contributed by atoms with Crippen LogP contribution in [0, 0.1) is 0 Å². The van der Waals surface area contributed by atoms with Crippen LogP contribution in [-0.4, -0.2) is 28.7 Å². The number of hydrogen-bond acceptors (Lipinski definition) is 1. The lowest BCUT2D eigenvalue weighted by Crippen LogP contribution is -2.44. The molecule has 0 radical (unpaired) electrons. The van der Waals surface area contributed by atoms with E-state index in [1.807, 2.05) is 11.9 Å². The third-order valence-electron chi connectivity index (χ3n) is 3.78. The second-order valence-corrected chi connectivity index (χ2v) is 6.36. The topological polar surface area (TPSA) is 20.3 Å². The Kier molecular flexibility index (Phi) is 7.17. The van der Waals surface area contributed by atoms with Gasteiger partial charge in [-0.1, -0.05) is 55.0 Å². The summed E-state index contributed by atoms with van der Waals surface area (Å²) in [5.74, 6) is 0.331. The van der Waals surface area contributed by atoms with E-state index in [4.69, 9.17) is 0 Å². The number of carbonyl (C=O) groups is 1. The van der Waals surface area contributed by atoms with Crippen molar-refractivity contribution in [3.63, 3.8) is 0 Å². The third-order valence-corrected chi connectivity index (χ3v) is 4.85. The molecule has 1 amide bonds. The van der Waals surface area contributed by atoms with Crippen LogP contribution in [0.2, 0.25) is 0 Å². The molecule has 1 fully saturated rings. The summed E-state index contributed by atoms with van der Waals surface area (Å²) in [6.07, 6.45) is 10.4. The van der Waals surface area contributed by atoms with E-state index in [2.05, 4.69) is 22.9 Å². The largest absolute Gasteiger partial charge is 0.342 e. The van der Waals surface area contributed by atoms with E-state index in [-0.39, 0.29) is 0 Å². The second kappa shape index (κ2) is 8.12. The Morgan fingerprint density at radius 3 is 2.59 bits per heavy atom. The molecular formula is C14H26BrNO. The van der Waals surface area contributed by atoms with Crippen LogP contribution in [0.15, 0.2) is 0 Å². The van der Waals surface area contributed by atoms with Crippen LogP contribution in [0.25, 0.3) is 0 Å². The number of hydrogen-bond donors (Lipinski definition) is 0. The lowest BCUT2D eigenvalue weighted by Gasteiger charge is -2.35. The minimum Gasteiger partial charge on any atom is -0.342 e. The van der Waals surface area contributed by atoms with E-state index in [1.165, 1.54) is 38.5 Å². The summed E-state index contributed by atoms with van der Waals surface area (Å²) in [7, 11) is 1.98. The van der Waals surface area contributed by atoms with E-state index in [1.54, 1.807) is 0 Å². The molecule has 0 heterocycles. The molecule has 2 nitrogen and oxygen atoms in total. The first kappa shape index (κ1) is 15.0. The molecule has 0 saturated heterocycles. The number of halogens is 1. The van der Waals surface area contributed by atoms with Gasteiger partial charge in [0.15, 0.2) is 0 Å². The lowest BCUT2D eigenvalue weighted by molar-refractivity contribution is -0.132. The van der Waals surface area contributed by atoms with Gasteiger partial charge in [0.05, 0.1) is 0 Å². The number of nitrogens with zero attached hydrogens (tertiary/aromatic N) is 1. The van der Waals surface area contributed by atoms with Crippen molar-refractivity contribution in [2.24, 2.45) is 0 Å². The van der Waals surface area contributed by atoms with Gasteiger partial charge in [-0.05, 0) is 19.3 Å². The Morgan fingerprint density at radius 1 is 1.24 bits per heavy atom. The lowest BCUT2D eigenvalue weighted by atomic mass is 9.94. The third kappa shape index (κ3) is 4.99. The Morgan fingerprint density at radius 2 is 1.94 bits per heavy atom. The van der Waals surface area contributed by atoms with E-state index in [0.29, 0.717) is 16.8 Å². The molecule has 0 spiro atoms. The molecule has 1 rings (SSSR count). The van der Waals surface area contributed by atoms with Crippen molar-refractivity contribution in [3.8, 4) is 0 Å². The van der Waals surface area contributed by atoms with Crippen molar-refractivity contribution in [1.82, 2.24) is 4.90 Å². The smallest absolute Gasteiger partial charge is 0.222 e. The molecule has 1 saturated carbocycles. The average molecular weight is 304 g/mol. The zero-order valence-electron chi connectivity index (χ0n) is 11.3. The van der Waals surface area contributed by atoms with Gasteiger partial charge in [-0.2, -0.15) is 0 Å². The van der Waals surface area contributed by atoms with E-state index in [9.17, 15) is 4.79 Å². The standard InChI is InChI=1S/C14H26BrNO/c1-3-4-5-6-11-14(17)16(2)13-10-8-7-9-12(13)15/h12-13H,3-11H2,1-2H3. The quantitative estimate of drug-likeness (QED) is 0.534. The maximum absolute atomic E-state index is 12.1. The Bertz CT molecular complexity index is 232. The van der Waals surface area contributed by atoms with Crippen LogP contribution >= 0.6 is 15.9 Å². The molecule has 0 aromatic heterocycles. The number of carbonyl (C=O) groups excluding carboxylic acids is 1. The maximum atomic E-state index is 12.1. The second-order valence-electron chi connectivity index (χ2n) is 5.18. The molecule has 0 aromatic carbocycles. The van der Waals surface area contributed by atoms with Crippen LogP contribution in [0.4, 0.5) is 0 Å². The van der Waals surface area contributed by atoms with Gasteiger partial charge in [0.1, 0.15) is 0 Å². The van der Waals surface area contributed by atoms with Gasteiger partial charge in [0, 0.05) is 24.3 Å². The van der Waals surface area contributed by atoms with Crippen LogP contribution in [0.1, 0.15) is 64.7 Å². The van der Waals surface area contributed by atoms with Gasteiger partial charge in [0.2, 0.25) is 5.91 Å². The summed E-state index contributed by atoms with van der Waals surface area (Å²) in [6.45, 7) is 2.20. The fourth-order valence-electron chi connectivity index (χ4n) is 2.57. The van der Waals surface area contributed by atoms with E-state index >= 15 is 0 Å². The van der Waals surface area contributed by atoms with Crippen LogP contribution < -0.4 is 0 Å². The molecule has 1 aliphatic rings. The summed E-state index contributed by atoms with van der Waals surface area (Å²) in [5, 5.41) is 0. The first-order chi connectivity index (χ1) is 8.16. The van der Waals surface area contributed by atoms with Crippen molar-refractivity contribution in [2.75, 3.05) is 7.05 Å². The molecule has 1 aliphatic carbocycles. The molecule has 0 aromatic rings. The van der Waals surface area contributed by atoms with E-state index < -0.39 is 0 Å². The summed E-state index contributed by atoms with van der Waals surface area (Å²) >= 11 is 3.72. The molecular weight excluding hydrogens is 278 g/mol. The maximum Gasteiger partial charge on any atom is 0.222 e. The van der Waals surface area contributed by atoms with Crippen LogP contribution in [0.5, 0.6) is 0 Å². The Hall–Kier alpha value is -0.0500. The van der Waals surface area contributed by atoms with Gasteiger partial charge in [0.25, 0.3) is 0 Å². The summed E-state index contributed by atoms with van der Waals surface area (Å²) in [4.78, 5) is 14.5. The predicted molar refractivity (Wildman–Crippen MR) is 76.5 cm³/mol. The van der Waals surface area contributed by atoms with Crippen molar-refractivity contribution in [2.45, 2.75) is 75.6 Å². The summed E-state index contributed by atoms with van der Waals surface area (Å²) in [6, 6.07) is 0.419. The summed E-state index contributed by atoms with van der Waals surface area (Å²) in [5.41, 5.74) is 0. The molecule has 0 bridgehead atoms. The first-order valence-electron chi connectivity index (χ1n) is 7.06. The monoisotopic (exact) mass is 303 g/mol. The highest BCUT2D eigenvalue weighted by Crippen LogP contribution is 2.28. The Labute approximate surface area is 114 Å². The minimum absolute atomic E-state index is 0.331. The highest BCUT2D eigenvalue weighted by Gasteiger charge is 2.28. The zero-order valence-corrected chi connectivity index (χ0v) is 12.8. The molecule has 2 unspecified atom stereocenters. The zero-order chi connectivity index (χ0) is 12.7. The number of unbranched alkanes of at least 4 members (excludes halogenated alkanes) is 3. The molecule has 100 valence electrons. The minimum atomic E-state index is 0.331. The van der Waals surface area contributed by atoms with Crippen molar-refractivity contribution in [3.05, 3.63) is 0 Å².